The molecule has 0 saturated carbocycles. The summed E-state index contributed by atoms with van der Waals surface area (Å²) in [6, 6.07) is 29.3. The largest absolute Gasteiger partial charge is 0.405 e. The molecule has 3 aromatic rings. The smallest absolute Gasteiger partial charge is 0.342 e. The zero-order valence-electron chi connectivity index (χ0n) is 15.5. The van der Waals surface area contributed by atoms with E-state index in [-0.39, 0.29) is 11.9 Å². The Morgan fingerprint density at radius 2 is 1.46 bits per heavy atom. The molecule has 1 aliphatic rings. The summed E-state index contributed by atoms with van der Waals surface area (Å²) in [6.45, 7) is 4.02. The Kier molecular flexibility index (Phi) is 4.90. The van der Waals surface area contributed by atoms with Gasteiger partial charge in [0.2, 0.25) is 5.90 Å². The molecule has 0 spiro atoms. The zero-order chi connectivity index (χ0) is 19.4. The normalized spacial score (nSPS) is 19.6. The fourth-order valence-electron chi connectivity index (χ4n) is 3.72. The highest BCUT2D eigenvalue weighted by Gasteiger charge is 2.51. The molecule has 1 aliphatic heterocycles. The molecule has 28 heavy (non-hydrogen) atoms. The standard InChI is InChI=1S/C25H21NO2/c1-2-22(20-14-8-4-9-15-20)25(18-19-12-6-3-7-13-19)24(27)28-23(26-25)21-16-10-5-11-17-21/h2-17,22H,1,18H2. The Labute approximate surface area is 165 Å². The molecule has 138 valence electrons. The Morgan fingerprint density at radius 3 is 2.07 bits per heavy atom. The van der Waals surface area contributed by atoms with Crippen molar-refractivity contribution in [1.29, 1.82) is 0 Å². The number of aliphatic imine (C=N–C) groups is 1. The number of esters is 1. The van der Waals surface area contributed by atoms with E-state index in [1.165, 1.54) is 0 Å². The van der Waals surface area contributed by atoms with Crippen LogP contribution in [-0.4, -0.2) is 17.4 Å². The van der Waals surface area contributed by atoms with Crippen molar-refractivity contribution in [3.05, 3.63) is 120 Å². The maximum atomic E-state index is 13.3. The van der Waals surface area contributed by atoms with Gasteiger partial charge in [-0.15, -0.1) is 6.58 Å². The molecule has 3 aromatic carbocycles. The van der Waals surface area contributed by atoms with E-state index < -0.39 is 5.54 Å². The van der Waals surface area contributed by atoms with Gasteiger partial charge in [0, 0.05) is 17.9 Å². The molecule has 3 heteroatoms. The van der Waals surface area contributed by atoms with Gasteiger partial charge in [0.15, 0.2) is 5.54 Å². The van der Waals surface area contributed by atoms with E-state index >= 15 is 0 Å². The van der Waals surface area contributed by atoms with Gasteiger partial charge in [-0.2, -0.15) is 0 Å². The minimum atomic E-state index is -1.09. The fraction of sp³-hybridized carbons (Fsp3) is 0.120. The van der Waals surface area contributed by atoms with Gasteiger partial charge >= 0.3 is 5.97 Å². The van der Waals surface area contributed by atoms with Crippen LogP contribution in [0.5, 0.6) is 0 Å². The van der Waals surface area contributed by atoms with Gasteiger partial charge in [0.25, 0.3) is 0 Å². The highest BCUT2D eigenvalue weighted by Crippen LogP contribution is 2.40. The third-order valence-electron chi connectivity index (χ3n) is 5.09. The van der Waals surface area contributed by atoms with Crippen molar-refractivity contribution in [2.75, 3.05) is 0 Å². The van der Waals surface area contributed by atoms with Crippen LogP contribution in [0, 0.1) is 0 Å². The molecule has 0 radical (unpaired) electrons. The Balaban J connectivity index is 1.85. The molecule has 0 bridgehead atoms. The van der Waals surface area contributed by atoms with Crippen LogP contribution in [0.2, 0.25) is 0 Å². The molecular weight excluding hydrogens is 346 g/mol. The van der Waals surface area contributed by atoms with E-state index in [0.29, 0.717) is 12.3 Å². The number of cyclic esters (lactones) is 1. The zero-order valence-corrected chi connectivity index (χ0v) is 15.5. The third kappa shape index (κ3) is 3.27. The van der Waals surface area contributed by atoms with Crippen LogP contribution in [0.4, 0.5) is 0 Å². The number of carbonyl (C=O) groups is 1. The lowest BCUT2D eigenvalue weighted by Crippen LogP contribution is -2.42. The first-order chi connectivity index (χ1) is 13.7. The van der Waals surface area contributed by atoms with Crippen molar-refractivity contribution < 1.29 is 9.53 Å². The number of benzene rings is 3. The van der Waals surface area contributed by atoms with E-state index in [0.717, 1.165) is 16.7 Å². The number of nitrogens with zero attached hydrogens (tertiary/aromatic N) is 1. The summed E-state index contributed by atoms with van der Waals surface area (Å²) in [7, 11) is 0. The summed E-state index contributed by atoms with van der Waals surface area (Å²) < 4.78 is 5.70. The summed E-state index contributed by atoms with van der Waals surface area (Å²) in [6.07, 6.45) is 2.24. The van der Waals surface area contributed by atoms with Crippen molar-refractivity contribution in [3.63, 3.8) is 0 Å². The quantitative estimate of drug-likeness (QED) is 0.457. The maximum Gasteiger partial charge on any atom is 0.342 e. The molecule has 2 atom stereocenters. The summed E-state index contributed by atoms with van der Waals surface area (Å²) in [4.78, 5) is 18.2. The number of carbonyl (C=O) groups excluding carboxylic acids is 1. The van der Waals surface area contributed by atoms with Gasteiger partial charge in [-0.25, -0.2) is 9.79 Å². The summed E-state index contributed by atoms with van der Waals surface area (Å²) >= 11 is 0. The number of hydrogen-bond donors (Lipinski definition) is 0. The van der Waals surface area contributed by atoms with Crippen LogP contribution in [-0.2, 0) is 16.0 Å². The monoisotopic (exact) mass is 367 g/mol. The summed E-state index contributed by atoms with van der Waals surface area (Å²) in [5.41, 5.74) is 1.72. The minimum Gasteiger partial charge on any atom is -0.405 e. The lowest BCUT2D eigenvalue weighted by molar-refractivity contribution is -0.139. The SMILES string of the molecule is C=CC(c1ccccc1)C1(Cc2ccccc2)N=C(c2ccccc2)OC1=O. The molecule has 0 amide bonds. The molecule has 0 aliphatic carbocycles. The average Bonchev–Trinajstić information content (AvgIpc) is 3.07. The Morgan fingerprint density at radius 1 is 0.893 bits per heavy atom. The Bertz CT molecular complexity index is 996. The first-order valence-corrected chi connectivity index (χ1v) is 9.32. The molecule has 0 fully saturated rings. The second kappa shape index (κ2) is 7.65. The topological polar surface area (TPSA) is 38.7 Å². The van der Waals surface area contributed by atoms with Crippen LogP contribution in [0.1, 0.15) is 22.6 Å². The molecule has 0 aromatic heterocycles. The highest BCUT2D eigenvalue weighted by molar-refractivity contribution is 6.08. The molecule has 4 rings (SSSR count). The van der Waals surface area contributed by atoms with E-state index in [2.05, 4.69) is 6.58 Å². The van der Waals surface area contributed by atoms with E-state index in [1.807, 2.05) is 91.0 Å². The predicted octanol–water partition coefficient (Wildman–Crippen LogP) is 4.94. The van der Waals surface area contributed by atoms with Crippen molar-refractivity contribution in [3.8, 4) is 0 Å². The third-order valence-corrected chi connectivity index (χ3v) is 5.09. The molecule has 2 unspecified atom stereocenters. The van der Waals surface area contributed by atoms with Gasteiger partial charge in [0.05, 0.1) is 0 Å². The van der Waals surface area contributed by atoms with E-state index in [9.17, 15) is 4.79 Å². The van der Waals surface area contributed by atoms with Gasteiger partial charge < -0.3 is 4.74 Å². The molecule has 0 N–H and O–H groups in total. The number of hydrogen-bond acceptors (Lipinski definition) is 3. The maximum absolute atomic E-state index is 13.3. The number of ether oxygens (including phenoxy) is 1. The molecule has 3 nitrogen and oxygen atoms in total. The first-order valence-electron chi connectivity index (χ1n) is 9.32. The number of rotatable bonds is 6. The molecule has 1 heterocycles. The lowest BCUT2D eigenvalue weighted by Gasteiger charge is -2.30. The lowest BCUT2D eigenvalue weighted by atomic mass is 9.76. The van der Waals surface area contributed by atoms with Crippen molar-refractivity contribution >= 4 is 11.9 Å². The van der Waals surface area contributed by atoms with Crippen molar-refractivity contribution in [1.82, 2.24) is 0 Å². The van der Waals surface area contributed by atoms with Gasteiger partial charge in [-0.05, 0) is 23.3 Å². The van der Waals surface area contributed by atoms with Crippen molar-refractivity contribution in [2.24, 2.45) is 4.99 Å². The van der Waals surface area contributed by atoms with Crippen molar-refractivity contribution in [2.45, 2.75) is 17.9 Å². The second-order valence-electron chi connectivity index (χ2n) is 6.88. The van der Waals surface area contributed by atoms with Crippen LogP contribution in [0.25, 0.3) is 0 Å². The van der Waals surface area contributed by atoms with Gasteiger partial charge in [-0.3, -0.25) is 0 Å². The summed E-state index contributed by atoms with van der Waals surface area (Å²) in [5, 5.41) is 0. The highest BCUT2D eigenvalue weighted by atomic mass is 16.6. The minimum absolute atomic E-state index is 0.303. The Hall–Kier alpha value is -3.46. The van der Waals surface area contributed by atoms with Crippen LogP contribution in [0.3, 0.4) is 0 Å². The average molecular weight is 367 g/mol. The second-order valence-corrected chi connectivity index (χ2v) is 6.88. The predicted molar refractivity (Wildman–Crippen MR) is 111 cm³/mol. The van der Waals surface area contributed by atoms with Gasteiger partial charge in [0.1, 0.15) is 0 Å². The first kappa shape index (κ1) is 17.9. The van der Waals surface area contributed by atoms with E-state index in [4.69, 9.17) is 9.73 Å². The summed E-state index contributed by atoms with van der Waals surface area (Å²) in [5.74, 6) is -0.282. The fourth-order valence-corrected chi connectivity index (χ4v) is 3.72. The molecular formula is C25H21NO2. The van der Waals surface area contributed by atoms with Crippen LogP contribution >= 0.6 is 0 Å². The van der Waals surface area contributed by atoms with Crippen LogP contribution in [0.15, 0.2) is 109 Å². The van der Waals surface area contributed by atoms with Crippen LogP contribution < -0.4 is 0 Å². The van der Waals surface area contributed by atoms with E-state index in [1.54, 1.807) is 6.08 Å². The van der Waals surface area contributed by atoms with Gasteiger partial charge in [-0.1, -0.05) is 84.9 Å². The molecule has 0 saturated heterocycles.